The smallest absolute Gasteiger partial charge is 0.349 e. The van der Waals surface area contributed by atoms with Crippen LogP contribution in [0.15, 0.2) is 26.5 Å². The lowest BCUT2D eigenvalue weighted by Gasteiger charge is -2.15. The van der Waals surface area contributed by atoms with Gasteiger partial charge >= 0.3 is 5.69 Å². The minimum absolute atomic E-state index is 0.0591. The highest BCUT2D eigenvalue weighted by Crippen LogP contribution is 2.38. The first-order valence-electron chi connectivity index (χ1n) is 10.6. The quantitative estimate of drug-likeness (QED) is 0.615. The van der Waals surface area contributed by atoms with E-state index in [9.17, 15) is 14.4 Å². The topological polar surface area (TPSA) is 147 Å². The van der Waals surface area contributed by atoms with Crippen molar-refractivity contribution in [1.29, 1.82) is 5.26 Å². The Hall–Kier alpha value is -3.42. The van der Waals surface area contributed by atoms with Crippen molar-refractivity contribution in [2.45, 2.75) is 26.6 Å². The zero-order chi connectivity index (χ0) is 26.4. The Morgan fingerprint density at radius 3 is 2.57 bits per heavy atom. The highest BCUT2D eigenvalue weighted by atomic mass is 35.5. The minimum Gasteiger partial charge on any atom is -0.434 e. The van der Waals surface area contributed by atoms with Crippen molar-refractivity contribution in [2.24, 2.45) is 0 Å². The first kappa shape index (κ1) is 15.4. The largest absolute Gasteiger partial charge is 0.434 e. The van der Waals surface area contributed by atoms with E-state index in [-0.39, 0.29) is 17.0 Å². The van der Waals surface area contributed by atoms with E-state index in [4.69, 9.17) is 40.1 Å². The number of H-pyrrole nitrogens is 2. The summed E-state index contributed by atoms with van der Waals surface area (Å²) in [6.07, 6.45) is 0. The number of rotatable bonds is 4. The first-order chi connectivity index (χ1) is 16.2. The Kier molecular flexibility index (Phi) is 4.18. The number of benzene rings is 1. The van der Waals surface area contributed by atoms with Gasteiger partial charge in [-0.1, -0.05) is 37.0 Å². The molecule has 0 saturated heterocycles. The van der Waals surface area contributed by atoms with Crippen molar-refractivity contribution in [3.8, 4) is 23.4 Å². The first-order valence-corrected chi connectivity index (χ1v) is 8.85. The van der Waals surface area contributed by atoms with Crippen LogP contribution in [-0.2, 0) is 0 Å². The van der Waals surface area contributed by atoms with Gasteiger partial charge in [-0.2, -0.15) is 9.94 Å². The summed E-state index contributed by atoms with van der Waals surface area (Å²) in [5, 5.41) is 17.4. The minimum atomic E-state index is -2.50. The van der Waals surface area contributed by atoms with Crippen molar-refractivity contribution >= 4 is 23.2 Å². The normalized spacial score (nSPS) is 14.6. The molecule has 154 valence electrons. The van der Waals surface area contributed by atoms with E-state index >= 15 is 0 Å². The molecule has 0 aliphatic carbocycles. The molecule has 0 aliphatic rings. The van der Waals surface area contributed by atoms with Crippen molar-refractivity contribution < 1.29 is 11.6 Å². The van der Waals surface area contributed by atoms with Gasteiger partial charge < -0.3 is 4.74 Å². The number of nitriles is 1. The molecule has 0 aliphatic heterocycles. The van der Waals surface area contributed by atoms with Crippen LogP contribution >= 0.6 is 23.2 Å². The number of aromatic nitrogens is 5. The molecule has 0 radical (unpaired) electrons. The molecule has 12 heteroatoms. The van der Waals surface area contributed by atoms with Gasteiger partial charge in [-0.25, -0.2) is 9.89 Å². The monoisotopic (exact) mass is 453 g/mol. The fraction of sp³-hybridized carbons (Fsp3) is 0.222. The molecule has 2 N–H and O–H groups in total. The third kappa shape index (κ3) is 3.85. The molecule has 0 spiro atoms. The molecule has 0 amide bonds. The summed E-state index contributed by atoms with van der Waals surface area (Å²) in [6.45, 7) is 0.217. The molecule has 30 heavy (non-hydrogen) atoms. The fourth-order valence-electron chi connectivity index (χ4n) is 2.52. The molecule has 3 aromatic rings. The Labute approximate surface area is 185 Å². The van der Waals surface area contributed by atoms with Crippen molar-refractivity contribution in [1.82, 2.24) is 25.0 Å². The Bertz CT molecular complexity index is 1550. The predicted octanol–water partition coefficient (Wildman–Crippen LogP) is 2.41. The molecule has 10 nitrogen and oxygen atoms in total. The lowest BCUT2D eigenvalue weighted by Crippen LogP contribution is -2.33. The summed E-state index contributed by atoms with van der Waals surface area (Å²) in [6, 6.07) is 0.142. The molecule has 2 aromatic heterocycles. The lowest BCUT2D eigenvalue weighted by atomic mass is 10.0. The second-order valence-electron chi connectivity index (χ2n) is 5.91. The van der Waals surface area contributed by atoms with Crippen LogP contribution in [0.1, 0.15) is 43.4 Å². The van der Waals surface area contributed by atoms with E-state index in [1.165, 1.54) is 19.9 Å². The summed E-state index contributed by atoms with van der Waals surface area (Å²) in [5.74, 6) is -1.92. The van der Waals surface area contributed by atoms with E-state index in [0.29, 0.717) is 4.68 Å². The number of hydrogen-bond acceptors (Lipinski definition) is 7. The maximum Gasteiger partial charge on any atom is 0.349 e. The van der Waals surface area contributed by atoms with Crippen LogP contribution < -0.4 is 21.5 Å². The van der Waals surface area contributed by atoms with Gasteiger partial charge in [0.1, 0.15) is 6.07 Å². The Morgan fingerprint density at radius 1 is 1.30 bits per heavy atom. The summed E-state index contributed by atoms with van der Waals surface area (Å²) in [5.41, 5.74) is -4.28. The van der Waals surface area contributed by atoms with Gasteiger partial charge in [0.05, 0.1) is 18.5 Å². The standard InChI is InChI=1S/C18H14Cl2N6O4/c1-7(2)13-8(3)17(24-23-16(13)28)30-14-10(19)4-9(5-11(14)20)26-18(29)22-15(27)12(6-21)25-26/h4-5,7H,1-3H3,(H,23,28)(H,22,27,29)/i1D3,4D,5D. The predicted molar refractivity (Wildman–Crippen MR) is 109 cm³/mol. The number of ether oxygens (including phenoxy) is 1. The van der Waals surface area contributed by atoms with Gasteiger partial charge in [-0.15, -0.1) is 10.2 Å². The van der Waals surface area contributed by atoms with E-state index in [1.807, 2.05) is 4.98 Å². The lowest BCUT2D eigenvalue weighted by molar-refractivity contribution is 0.448. The molecule has 1 aromatic carbocycles. The summed E-state index contributed by atoms with van der Waals surface area (Å²) < 4.78 is 45.4. The highest BCUT2D eigenvalue weighted by molar-refractivity contribution is 6.37. The molecule has 1 unspecified atom stereocenters. The van der Waals surface area contributed by atoms with E-state index < -0.39 is 68.8 Å². The number of nitrogens with zero attached hydrogens (tertiary/aromatic N) is 4. The average molecular weight is 454 g/mol. The summed E-state index contributed by atoms with van der Waals surface area (Å²) in [7, 11) is 0. The summed E-state index contributed by atoms with van der Waals surface area (Å²) in [4.78, 5) is 38.0. The van der Waals surface area contributed by atoms with Crippen molar-refractivity contribution in [2.75, 3.05) is 0 Å². The molecule has 0 fully saturated rings. The number of halogens is 2. The van der Waals surface area contributed by atoms with Crippen LogP contribution in [0.3, 0.4) is 0 Å². The van der Waals surface area contributed by atoms with Gasteiger partial charge in [-0.05, 0) is 24.9 Å². The van der Waals surface area contributed by atoms with Crippen molar-refractivity contribution in [3.05, 3.63) is 70.1 Å². The van der Waals surface area contributed by atoms with E-state index in [1.54, 1.807) is 0 Å². The second kappa shape index (κ2) is 8.14. The van der Waals surface area contributed by atoms with Crippen molar-refractivity contribution in [3.63, 3.8) is 0 Å². The maximum atomic E-state index is 12.3. The molecule has 3 rings (SSSR count). The van der Waals surface area contributed by atoms with Gasteiger partial charge in [0.15, 0.2) is 5.75 Å². The van der Waals surface area contributed by atoms with Crippen LogP contribution in [0, 0.1) is 18.3 Å². The SMILES string of the molecule is [2H]c1c(Cl)c(Oc2n[nH]c(=O)c(C(C)C([2H])([2H])[2H])c2C)c(Cl)c([2H])c1-n1nc(C#N)c(=O)[nH]c1=O. The molecular formula is C18H14Cl2N6O4. The number of aromatic amines is 2. The van der Waals surface area contributed by atoms with E-state index in [0.717, 1.165) is 0 Å². The van der Waals surface area contributed by atoms with Crippen LogP contribution in [0.4, 0.5) is 0 Å². The van der Waals surface area contributed by atoms with Crippen LogP contribution in [0.25, 0.3) is 5.69 Å². The number of nitrogens with one attached hydrogen (secondary N) is 2. The average Bonchev–Trinajstić information content (AvgIpc) is 2.77. The molecule has 2 heterocycles. The molecular weight excluding hydrogens is 435 g/mol. The van der Waals surface area contributed by atoms with Gasteiger partial charge in [0.2, 0.25) is 11.6 Å². The molecule has 0 bridgehead atoms. The van der Waals surface area contributed by atoms with E-state index in [2.05, 4.69) is 15.3 Å². The third-order valence-electron chi connectivity index (χ3n) is 3.86. The van der Waals surface area contributed by atoms with Crippen LogP contribution in [0.2, 0.25) is 10.0 Å². The second-order valence-corrected chi connectivity index (χ2v) is 6.66. The molecule has 1 atom stereocenters. The third-order valence-corrected chi connectivity index (χ3v) is 4.39. The zero-order valence-corrected chi connectivity index (χ0v) is 16.8. The Morgan fingerprint density at radius 2 is 1.97 bits per heavy atom. The van der Waals surface area contributed by atoms with Gasteiger partial charge in [0, 0.05) is 15.2 Å². The molecule has 0 saturated carbocycles. The number of hydrogen-bond donors (Lipinski definition) is 2. The summed E-state index contributed by atoms with van der Waals surface area (Å²) >= 11 is 12.5. The zero-order valence-electron chi connectivity index (χ0n) is 20.3. The maximum absolute atomic E-state index is 12.3. The fourth-order valence-corrected chi connectivity index (χ4v) is 3.01. The van der Waals surface area contributed by atoms with Crippen LogP contribution in [0.5, 0.6) is 11.6 Å². The Balaban J connectivity index is 2.22. The van der Waals surface area contributed by atoms with Gasteiger partial charge in [0.25, 0.3) is 11.1 Å². The van der Waals surface area contributed by atoms with Crippen LogP contribution in [-0.4, -0.2) is 25.0 Å². The highest BCUT2D eigenvalue weighted by Gasteiger charge is 2.19. The van der Waals surface area contributed by atoms with Gasteiger partial charge in [-0.3, -0.25) is 14.6 Å².